The lowest BCUT2D eigenvalue weighted by atomic mass is 9.80. The van der Waals surface area contributed by atoms with E-state index >= 15 is 0 Å². The highest BCUT2D eigenvalue weighted by Crippen LogP contribution is 2.47. The number of nitrogens with zero attached hydrogens (tertiary/aromatic N) is 13. The van der Waals surface area contributed by atoms with Crippen LogP contribution < -0.4 is 56.2 Å². The molecule has 0 saturated heterocycles. The van der Waals surface area contributed by atoms with E-state index in [1.54, 1.807) is 81.3 Å². The minimum Gasteiger partial charge on any atom is -0.488 e. The fraction of sp³-hybridized carbons (Fsp3) is 0.512. The molecule has 7 aliphatic rings. The number of nitrogens with one attached hydrogen (secondary N) is 8. The molecular formula is C86H111Cl4N21O12S4. The molecule has 0 radical (unpaired) electrons. The van der Waals surface area contributed by atoms with Crippen molar-refractivity contribution in [1.82, 2.24) is 74.2 Å². The molecular weight excluding hydrogens is 1790 g/mol. The van der Waals surface area contributed by atoms with Gasteiger partial charge in [-0.1, -0.05) is 46.4 Å². The maximum Gasteiger partial charge on any atom is 0.229 e. The zero-order chi connectivity index (χ0) is 91.0. The molecule has 6 saturated carbocycles. The highest BCUT2D eigenvalue weighted by Gasteiger charge is 2.37. The van der Waals surface area contributed by atoms with Gasteiger partial charge in [-0.3, -0.25) is 18.8 Å². The number of hydrogen-bond donors (Lipinski definition) is 8. The van der Waals surface area contributed by atoms with E-state index in [4.69, 9.17) is 60.6 Å². The molecule has 0 spiro atoms. The Bertz CT molecular complexity index is 6120. The Morgan fingerprint density at radius 3 is 1.12 bits per heavy atom. The number of aryl methyl sites for hydroxylation is 6. The first-order chi connectivity index (χ1) is 60.1. The van der Waals surface area contributed by atoms with Gasteiger partial charge in [-0.2, -0.15) is 30.2 Å². The van der Waals surface area contributed by atoms with Crippen molar-refractivity contribution in [1.29, 1.82) is 0 Å². The first kappa shape index (κ1) is 94.0. The molecule has 0 unspecified atom stereocenters. The van der Waals surface area contributed by atoms with Gasteiger partial charge in [-0.05, 0) is 266 Å². The number of carbonyl (C=O) groups is 1. The highest BCUT2D eigenvalue weighted by atomic mass is 35.5. The van der Waals surface area contributed by atoms with Gasteiger partial charge in [0.1, 0.15) is 32.3 Å². The third-order valence-electron chi connectivity index (χ3n) is 23.1. The van der Waals surface area contributed by atoms with E-state index in [1.807, 2.05) is 25.1 Å². The molecule has 0 bridgehead atoms. The molecule has 1 aliphatic heterocycles. The normalized spacial score (nSPS) is 18.8. The fourth-order valence-corrected chi connectivity index (χ4v) is 20.4. The smallest absolute Gasteiger partial charge is 0.229 e. The molecule has 8 N–H and O–H groups in total. The number of ether oxygens (including phenoxy) is 3. The Hall–Kier alpha value is -9.18. The first-order valence-electron chi connectivity index (χ1n) is 42.9. The summed E-state index contributed by atoms with van der Waals surface area (Å²) in [6.45, 7) is 17.5. The summed E-state index contributed by atoms with van der Waals surface area (Å²) < 4.78 is 127. The van der Waals surface area contributed by atoms with Gasteiger partial charge < -0.3 is 56.3 Å². The molecule has 3 aromatic carbocycles. The zero-order valence-corrected chi connectivity index (χ0v) is 79.9. The van der Waals surface area contributed by atoms with Gasteiger partial charge >= 0.3 is 0 Å². The van der Waals surface area contributed by atoms with Crippen molar-refractivity contribution in [3.63, 3.8) is 0 Å². The maximum atomic E-state index is 12.9. The summed E-state index contributed by atoms with van der Waals surface area (Å²) >= 11 is 25.9. The number of aromatic nitrogens is 12. The molecule has 6 fully saturated rings. The number of carbonyl (C=O) groups excluding carboxylic acids is 1. The van der Waals surface area contributed by atoms with Crippen molar-refractivity contribution in [3.05, 3.63) is 127 Å². The summed E-state index contributed by atoms with van der Waals surface area (Å²) in [6, 6.07) is 12.6. The van der Waals surface area contributed by atoms with Crippen LogP contribution in [-0.2, 0) is 65.5 Å². The van der Waals surface area contributed by atoms with Crippen LogP contribution in [0.25, 0.3) is 5.57 Å². The third kappa shape index (κ3) is 23.5. The molecule has 0 atom stereocenters. The number of sulfone groups is 3. The van der Waals surface area contributed by atoms with E-state index in [0.29, 0.717) is 29.0 Å². The molecule has 16 rings (SSSR count). The summed E-state index contributed by atoms with van der Waals surface area (Å²) in [5.41, 5.74) is 11.0. The van der Waals surface area contributed by atoms with Crippen molar-refractivity contribution < 1.29 is 52.7 Å². The van der Waals surface area contributed by atoms with Crippen molar-refractivity contribution in [2.24, 2.45) is 27.1 Å². The SMILES string of the molecule is Cc1cc(Nc2ncc(Cl)c(Nc3cn(C)nc3S(=O)(=O)C(C)C)n2)c(OC2CC2)cc1C1=C(Cl)CN(C)CC1.Cc1cc(Nc2ncc(Cl)c(Nc3cn(C)nc3S(=O)(=O)C(C)C)n2)c(OC2CC2)cc1C1CCC(NC(=O)C2CC2)CC1.Cc1cc(Nc2ncc(Cl)c(Nc3cn(C)nc3S(=O)(=O)C(C)C)n2)c(OC2CC2)cc1C1CCC(NS(C)(=O)=O)CC1. The molecule has 1 amide bonds. The number of benzene rings is 3. The Morgan fingerprint density at radius 1 is 0.441 bits per heavy atom. The minimum absolute atomic E-state index is 0.0345. The van der Waals surface area contributed by atoms with Gasteiger partial charge in [0.25, 0.3) is 0 Å². The van der Waals surface area contributed by atoms with Crippen LogP contribution >= 0.6 is 46.4 Å². The predicted molar refractivity (Wildman–Crippen MR) is 496 cm³/mol. The lowest BCUT2D eigenvalue weighted by Crippen LogP contribution is -2.38. The van der Waals surface area contributed by atoms with Gasteiger partial charge in [0.05, 0.1) is 93.0 Å². The lowest BCUT2D eigenvalue weighted by molar-refractivity contribution is -0.123. The number of amides is 1. The third-order valence-corrected chi connectivity index (χ3v) is 31.3. The summed E-state index contributed by atoms with van der Waals surface area (Å²) in [5, 5.41) is 34.1. The maximum absolute atomic E-state index is 12.9. The molecule has 33 nitrogen and oxygen atoms in total. The Balaban J connectivity index is 0.000000155. The zero-order valence-electron chi connectivity index (χ0n) is 73.6. The fourth-order valence-electron chi connectivity index (χ4n) is 15.4. The monoisotopic (exact) mass is 1900 g/mol. The Kier molecular flexibility index (Phi) is 28.7. The number of hydrogen-bond acceptors (Lipinski definition) is 28. The van der Waals surface area contributed by atoms with Gasteiger partial charge in [-0.25, -0.2) is 53.3 Å². The second kappa shape index (κ2) is 38.9. The quantitative estimate of drug-likeness (QED) is 0.0200. The van der Waals surface area contributed by atoms with E-state index < -0.39 is 55.3 Å². The van der Waals surface area contributed by atoms with E-state index in [2.05, 4.69) is 131 Å². The highest BCUT2D eigenvalue weighted by molar-refractivity contribution is 7.92. The Morgan fingerprint density at radius 2 is 0.787 bits per heavy atom. The van der Waals surface area contributed by atoms with Crippen molar-refractivity contribution >= 4 is 167 Å². The van der Waals surface area contributed by atoms with Crippen molar-refractivity contribution in [3.8, 4) is 17.2 Å². The van der Waals surface area contributed by atoms with Gasteiger partial charge in [-0.15, -0.1) is 0 Å². The van der Waals surface area contributed by atoms with Crippen LogP contribution in [0.15, 0.2) is 93.7 Å². The standard InChI is InChI=1S/C31H40ClN7O4S.C28H38ClN7O5S2.C27H33Cl2N7O3S/c1-17(2)44(41,42)30-26(16-39(4)38-30)35-28-24(32)15-33-31(37-28)36-25-13-18(3)23(14-27(25)43-22-11-12-22)19-7-9-21(10-8-19)34-29(40)20-5-6-20;1-16(2)43(39,40)27-24(15-36(4)34-27)31-26-22(29)14-30-28(33-26)32-23-12-17(3)21(13-25(23)41-20-10-11-20)18-6-8-19(9-7-18)35-42(5,37)38;1-15(2)40(37,38)26-23(14-36(5)34-26)31-25-20(28)12-30-27(33-25)32-22-10-16(3)19(11-24(22)39-17-6-7-17)18-8-9-35(4)13-21(18)29/h13-17,19-22H,5-12H2,1-4H3,(H,34,40)(H2,33,35,36,37);12-16,18-20,35H,6-11H2,1-5H3,(H2,30,31,32,33);10-12,14-15,17H,6-9,13H2,1-5H3,(H2,30,31,32,33). The second-order valence-electron chi connectivity index (χ2n) is 34.9. The first-order valence-corrected chi connectivity index (χ1v) is 50.9. The van der Waals surface area contributed by atoms with Crippen LogP contribution in [0.4, 0.5) is 69.4 Å². The summed E-state index contributed by atoms with van der Waals surface area (Å²) in [5.74, 6) is 4.85. The number of halogens is 4. The molecule has 41 heteroatoms. The van der Waals surface area contributed by atoms with Gasteiger partial charge in [0.2, 0.25) is 78.4 Å². The molecule has 9 aromatic rings. The van der Waals surface area contributed by atoms with Crippen LogP contribution in [-0.4, -0.2) is 176 Å². The summed E-state index contributed by atoms with van der Waals surface area (Å²) in [4.78, 5) is 41.2. The van der Waals surface area contributed by atoms with Crippen LogP contribution in [0.1, 0.15) is 196 Å². The lowest BCUT2D eigenvalue weighted by Gasteiger charge is -2.31. The number of sulfonamides is 1. The van der Waals surface area contributed by atoms with E-state index in [9.17, 15) is 38.5 Å². The van der Waals surface area contributed by atoms with Crippen molar-refractivity contribution in [2.75, 3.05) is 58.3 Å². The summed E-state index contributed by atoms with van der Waals surface area (Å²) in [7, 11) is -7.17. The largest absolute Gasteiger partial charge is 0.488 e. The van der Waals surface area contributed by atoms with Crippen molar-refractivity contribution in [2.45, 2.75) is 245 Å². The summed E-state index contributed by atoms with van der Waals surface area (Å²) in [6.07, 6.45) is 27.1. The van der Waals surface area contributed by atoms with E-state index in [1.165, 1.54) is 50.0 Å². The molecule has 6 aliphatic carbocycles. The minimum atomic E-state index is -3.66. The van der Waals surface area contributed by atoms with Crippen LogP contribution in [0, 0.1) is 26.7 Å². The second-order valence-corrected chi connectivity index (χ2v) is 45.6. The average Bonchev–Trinajstić information content (AvgIpc) is 1.65. The number of likely N-dealkylation sites (N-methyl/N-ethyl adjacent to an activating group) is 1. The van der Waals surface area contributed by atoms with Crippen LogP contribution in [0.3, 0.4) is 0 Å². The molecule has 6 aromatic heterocycles. The molecule has 7 heterocycles. The topological polar surface area (TPSA) is 412 Å². The van der Waals surface area contributed by atoms with E-state index in [0.717, 1.165) is 172 Å². The average molecular weight is 1900 g/mol. The Labute approximate surface area is 762 Å². The molecule has 684 valence electrons. The van der Waals surface area contributed by atoms with Gasteiger partial charge in [0, 0.05) is 75.9 Å². The van der Waals surface area contributed by atoms with Gasteiger partial charge in [0.15, 0.2) is 17.5 Å². The molecule has 127 heavy (non-hydrogen) atoms. The van der Waals surface area contributed by atoms with Crippen LogP contribution in [0.2, 0.25) is 15.1 Å². The predicted octanol–water partition coefficient (Wildman–Crippen LogP) is 16.6. The van der Waals surface area contributed by atoms with E-state index in [-0.39, 0.29) is 125 Å². The number of rotatable bonds is 31. The van der Waals surface area contributed by atoms with Crippen LogP contribution in [0.5, 0.6) is 17.2 Å². The number of anilines is 12.